The highest BCUT2D eigenvalue weighted by atomic mass is 16.4. The van der Waals surface area contributed by atoms with Crippen LogP contribution < -0.4 is 11.1 Å². The zero-order valence-electron chi connectivity index (χ0n) is 10.7. The molecule has 1 aromatic heterocycles. The predicted molar refractivity (Wildman–Crippen MR) is 76.1 cm³/mol. The molecule has 0 radical (unpaired) electrons. The van der Waals surface area contributed by atoms with Gasteiger partial charge in [0, 0.05) is 24.5 Å². The zero-order valence-corrected chi connectivity index (χ0v) is 10.7. The molecule has 1 aromatic carbocycles. The summed E-state index contributed by atoms with van der Waals surface area (Å²) < 4.78 is 0. The maximum atomic E-state index is 8.42. The summed E-state index contributed by atoms with van der Waals surface area (Å²) in [5.74, 6) is 0.272. The molecule has 0 aliphatic rings. The predicted octanol–water partition coefficient (Wildman–Crippen LogP) is 1.85. The Kier molecular flexibility index (Phi) is 4.69. The van der Waals surface area contributed by atoms with E-state index in [-0.39, 0.29) is 5.84 Å². The van der Waals surface area contributed by atoms with Gasteiger partial charge in [-0.25, -0.2) is 0 Å². The van der Waals surface area contributed by atoms with E-state index in [2.05, 4.69) is 33.7 Å². The molecule has 0 saturated carbocycles. The van der Waals surface area contributed by atoms with E-state index in [0.29, 0.717) is 6.42 Å². The standard InChI is InChI=1S/C14H18N4O/c15-13(18-19)7-3-8-16-10-12-5-1-4-11-6-2-9-17-14(11)12/h1-2,4-6,9,16,19H,3,7-8,10H2,(H2,15,18). The van der Waals surface area contributed by atoms with Crippen LogP contribution in [0.1, 0.15) is 18.4 Å². The molecule has 2 rings (SSSR count). The van der Waals surface area contributed by atoms with Gasteiger partial charge < -0.3 is 16.3 Å². The molecular weight excluding hydrogens is 240 g/mol. The van der Waals surface area contributed by atoms with Gasteiger partial charge in [0.2, 0.25) is 0 Å². The Morgan fingerprint density at radius 3 is 3.00 bits per heavy atom. The van der Waals surface area contributed by atoms with Crippen LogP contribution >= 0.6 is 0 Å². The van der Waals surface area contributed by atoms with Crippen molar-refractivity contribution >= 4 is 16.7 Å². The molecule has 0 spiro atoms. The van der Waals surface area contributed by atoms with Crippen LogP contribution in [-0.2, 0) is 6.54 Å². The highest BCUT2D eigenvalue weighted by Crippen LogP contribution is 2.15. The van der Waals surface area contributed by atoms with Crippen LogP contribution in [0.2, 0.25) is 0 Å². The number of rotatable bonds is 6. The van der Waals surface area contributed by atoms with Gasteiger partial charge in [-0.1, -0.05) is 29.4 Å². The maximum Gasteiger partial charge on any atom is 0.139 e. The van der Waals surface area contributed by atoms with Crippen molar-refractivity contribution in [3.8, 4) is 0 Å². The number of nitrogens with zero attached hydrogens (tertiary/aromatic N) is 2. The first-order chi connectivity index (χ1) is 9.31. The van der Waals surface area contributed by atoms with Gasteiger partial charge in [-0.05, 0) is 24.6 Å². The van der Waals surface area contributed by atoms with Crippen LogP contribution in [0.5, 0.6) is 0 Å². The molecule has 0 fully saturated rings. The van der Waals surface area contributed by atoms with E-state index >= 15 is 0 Å². The molecule has 0 aliphatic heterocycles. The summed E-state index contributed by atoms with van der Waals surface area (Å²) in [5.41, 5.74) is 7.62. The summed E-state index contributed by atoms with van der Waals surface area (Å²) in [6.45, 7) is 1.59. The van der Waals surface area contributed by atoms with Crippen LogP contribution in [0.25, 0.3) is 10.9 Å². The normalized spacial score (nSPS) is 11.9. The van der Waals surface area contributed by atoms with Crippen molar-refractivity contribution in [1.82, 2.24) is 10.3 Å². The molecule has 1 heterocycles. The summed E-state index contributed by atoms with van der Waals surface area (Å²) in [6.07, 6.45) is 3.25. The lowest BCUT2D eigenvalue weighted by Crippen LogP contribution is -2.18. The maximum absolute atomic E-state index is 8.42. The number of oxime groups is 1. The van der Waals surface area contributed by atoms with Gasteiger partial charge in [0.15, 0.2) is 0 Å². The number of nitrogens with one attached hydrogen (secondary N) is 1. The average molecular weight is 258 g/mol. The van der Waals surface area contributed by atoms with Gasteiger partial charge in [-0.15, -0.1) is 0 Å². The van der Waals surface area contributed by atoms with Crippen molar-refractivity contribution in [2.45, 2.75) is 19.4 Å². The van der Waals surface area contributed by atoms with Crippen LogP contribution in [0.4, 0.5) is 0 Å². The first kappa shape index (κ1) is 13.3. The first-order valence-electron chi connectivity index (χ1n) is 6.31. The third-order valence-electron chi connectivity index (χ3n) is 2.95. The molecule has 0 amide bonds. The lowest BCUT2D eigenvalue weighted by Gasteiger charge is -2.07. The number of hydrogen-bond donors (Lipinski definition) is 3. The quantitative estimate of drug-likeness (QED) is 0.243. The number of pyridine rings is 1. The van der Waals surface area contributed by atoms with E-state index in [1.54, 1.807) is 0 Å². The summed E-state index contributed by atoms with van der Waals surface area (Å²) >= 11 is 0. The minimum Gasteiger partial charge on any atom is -0.409 e. The smallest absolute Gasteiger partial charge is 0.139 e. The van der Waals surface area contributed by atoms with E-state index in [1.807, 2.05) is 18.3 Å². The number of aromatic nitrogens is 1. The van der Waals surface area contributed by atoms with Crippen molar-refractivity contribution in [2.24, 2.45) is 10.9 Å². The number of nitrogens with two attached hydrogens (primary N) is 1. The van der Waals surface area contributed by atoms with Crippen LogP contribution in [0.15, 0.2) is 41.7 Å². The van der Waals surface area contributed by atoms with Gasteiger partial charge in [-0.3, -0.25) is 4.98 Å². The molecule has 0 saturated heterocycles. The molecule has 0 aliphatic carbocycles. The van der Waals surface area contributed by atoms with Crippen LogP contribution in [0, 0.1) is 0 Å². The Hall–Kier alpha value is -2.14. The van der Waals surface area contributed by atoms with Gasteiger partial charge in [0.1, 0.15) is 5.84 Å². The SMILES string of the molecule is N/C(CCCNCc1cccc2cccnc12)=N/O. The highest BCUT2D eigenvalue weighted by molar-refractivity contribution is 5.81. The highest BCUT2D eigenvalue weighted by Gasteiger charge is 2.01. The summed E-state index contributed by atoms with van der Waals surface area (Å²) in [6, 6.07) is 10.2. The van der Waals surface area contributed by atoms with Crippen molar-refractivity contribution in [3.63, 3.8) is 0 Å². The molecule has 4 N–H and O–H groups in total. The fraction of sp³-hybridized carbons (Fsp3) is 0.286. The van der Waals surface area contributed by atoms with Crippen molar-refractivity contribution < 1.29 is 5.21 Å². The fourth-order valence-corrected chi connectivity index (χ4v) is 1.98. The second-order valence-electron chi connectivity index (χ2n) is 4.36. The Bertz CT molecular complexity index is 563. The zero-order chi connectivity index (χ0) is 13.5. The largest absolute Gasteiger partial charge is 0.409 e. The minimum absolute atomic E-state index is 0.272. The topological polar surface area (TPSA) is 83.5 Å². The molecule has 0 bridgehead atoms. The van der Waals surface area contributed by atoms with Crippen LogP contribution in [0.3, 0.4) is 0 Å². The number of amidine groups is 1. The van der Waals surface area contributed by atoms with Crippen molar-refractivity contribution in [3.05, 3.63) is 42.1 Å². The van der Waals surface area contributed by atoms with Gasteiger partial charge in [0.05, 0.1) is 5.52 Å². The van der Waals surface area contributed by atoms with E-state index in [0.717, 1.165) is 30.4 Å². The lowest BCUT2D eigenvalue weighted by atomic mass is 10.1. The molecule has 5 heteroatoms. The Morgan fingerprint density at radius 2 is 2.16 bits per heavy atom. The summed E-state index contributed by atoms with van der Waals surface area (Å²) in [5, 5.41) is 15.9. The second-order valence-corrected chi connectivity index (χ2v) is 4.36. The lowest BCUT2D eigenvalue weighted by molar-refractivity contribution is 0.316. The second kappa shape index (κ2) is 6.70. The number of benzene rings is 1. The van der Waals surface area contributed by atoms with E-state index in [4.69, 9.17) is 10.9 Å². The molecule has 2 aromatic rings. The van der Waals surface area contributed by atoms with Gasteiger partial charge in [0.25, 0.3) is 0 Å². The average Bonchev–Trinajstić information content (AvgIpc) is 2.46. The Labute approximate surface area is 112 Å². The van der Waals surface area contributed by atoms with Gasteiger partial charge in [-0.2, -0.15) is 0 Å². The first-order valence-corrected chi connectivity index (χ1v) is 6.31. The fourth-order valence-electron chi connectivity index (χ4n) is 1.98. The summed E-state index contributed by atoms with van der Waals surface area (Å²) in [7, 11) is 0. The third-order valence-corrected chi connectivity index (χ3v) is 2.95. The number of hydrogen-bond acceptors (Lipinski definition) is 4. The van der Waals surface area contributed by atoms with E-state index in [1.165, 1.54) is 5.56 Å². The number of fused-ring (bicyclic) bond motifs is 1. The minimum atomic E-state index is 0.272. The molecule has 100 valence electrons. The molecule has 5 nitrogen and oxygen atoms in total. The molecule has 19 heavy (non-hydrogen) atoms. The van der Waals surface area contributed by atoms with Crippen molar-refractivity contribution in [2.75, 3.05) is 6.54 Å². The number of para-hydroxylation sites is 1. The molecule has 0 unspecified atom stereocenters. The van der Waals surface area contributed by atoms with Crippen LogP contribution in [-0.4, -0.2) is 22.6 Å². The van der Waals surface area contributed by atoms with E-state index < -0.39 is 0 Å². The molecular formula is C14H18N4O. The van der Waals surface area contributed by atoms with Gasteiger partial charge >= 0.3 is 0 Å². The van der Waals surface area contributed by atoms with E-state index in [9.17, 15) is 0 Å². The molecule has 0 atom stereocenters. The summed E-state index contributed by atoms with van der Waals surface area (Å²) in [4.78, 5) is 4.41. The van der Waals surface area contributed by atoms with Crippen molar-refractivity contribution in [1.29, 1.82) is 0 Å². The third kappa shape index (κ3) is 3.66. The Morgan fingerprint density at radius 1 is 1.32 bits per heavy atom. The Balaban J connectivity index is 1.88. The monoisotopic (exact) mass is 258 g/mol.